The highest BCUT2D eigenvalue weighted by Crippen LogP contribution is 2.36. The van der Waals surface area contributed by atoms with Gasteiger partial charge in [0.25, 0.3) is 11.5 Å². The maximum atomic E-state index is 14.5. The van der Waals surface area contributed by atoms with E-state index < -0.39 is 6.04 Å². The van der Waals surface area contributed by atoms with E-state index in [1.165, 1.54) is 11.3 Å². The minimum Gasteiger partial charge on any atom is -0.493 e. The Bertz CT molecular complexity index is 2530. The molecule has 1 N–H and O–H groups in total. The van der Waals surface area contributed by atoms with Gasteiger partial charge in [-0.1, -0.05) is 83.1 Å². The summed E-state index contributed by atoms with van der Waals surface area (Å²) in [6.45, 7) is 4.29. The number of nitrogens with zero attached hydrogens (tertiary/aromatic N) is 3. The topological polar surface area (TPSA) is 86.9 Å². The largest absolute Gasteiger partial charge is 0.493 e. The molecule has 0 spiro atoms. The van der Waals surface area contributed by atoms with E-state index in [2.05, 4.69) is 9.88 Å². The lowest BCUT2D eigenvalue weighted by atomic mass is 9.94. The molecule has 0 radical (unpaired) electrons. The first kappa shape index (κ1) is 33.4. The summed E-state index contributed by atoms with van der Waals surface area (Å²) in [6, 6.07) is 25.8. The van der Waals surface area contributed by atoms with E-state index in [-0.39, 0.29) is 11.5 Å². The number of nitrogens with one attached hydrogen (secondary N) is 1. The number of hydrogen-bond acceptors (Lipinski definition) is 6. The van der Waals surface area contributed by atoms with Crippen molar-refractivity contribution >= 4 is 63.1 Å². The van der Waals surface area contributed by atoms with Crippen molar-refractivity contribution in [3.05, 3.63) is 154 Å². The number of fused-ring (bicyclic) bond motifs is 2. The molecule has 11 heteroatoms. The minimum atomic E-state index is -0.784. The molecule has 252 valence electrons. The Hall–Kier alpha value is -5.09. The van der Waals surface area contributed by atoms with E-state index in [0.717, 1.165) is 27.6 Å². The zero-order valence-electron chi connectivity index (χ0n) is 27.7. The predicted octanol–water partition coefficient (Wildman–Crippen LogP) is 7.51. The number of amides is 1. The lowest BCUT2D eigenvalue weighted by Gasteiger charge is -2.26. The van der Waals surface area contributed by atoms with Gasteiger partial charge in [-0.05, 0) is 73.0 Å². The van der Waals surface area contributed by atoms with Gasteiger partial charge in [0.1, 0.15) is 0 Å². The average molecular weight is 724 g/mol. The molecule has 2 aromatic heterocycles. The van der Waals surface area contributed by atoms with Gasteiger partial charge >= 0.3 is 0 Å². The second-order valence-corrected chi connectivity index (χ2v) is 13.8. The fourth-order valence-electron chi connectivity index (χ4n) is 6.35. The highest BCUT2D eigenvalue weighted by Gasteiger charge is 2.33. The molecule has 4 aromatic carbocycles. The Morgan fingerprint density at radius 3 is 2.46 bits per heavy atom. The molecule has 0 fully saturated rings. The van der Waals surface area contributed by atoms with Crippen molar-refractivity contribution in [3.63, 3.8) is 0 Å². The third-order valence-electron chi connectivity index (χ3n) is 8.83. The summed E-state index contributed by atoms with van der Waals surface area (Å²) in [6.07, 6.45) is 3.93. The SMILES string of the molecule is COc1ccc([C@@H]2C(C(=O)Nc3ccccc3C)=C(C)N=c3s/c(=C/c4cn(Cc5ccc(Cl)c(Cl)c5)c5ccccc45)c(=O)n32)cc1OC. The Balaban J connectivity index is 1.37. The number of hydrogen-bond donors (Lipinski definition) is 1. The van der Waals surface area contributed by atoms with Gasteiger partial charge in [-0.25, -0.2) is 4.99 Å². The summed E-state index contributed by atoms with van der Waals surface area (Å²) in [5.41, 5.74) is 5.76. The molecule has 1 aliphatic rings. The summed E-state index contributed by atoms with van der Waals surface area (Å²) in [4.78, 5) is 33.9. The summed E-state index contributed by atoms with van der Waals surface area (Å²) < 4.78 is 15.3. The van der Waals surface area contributed by atoms with Gasteiger partial charge in [0.15, 0.2) is 16.3 Å². The Morgan fingerprint density at radius 2 is 1.70 bits per heavy atom. The number of para-hydroxylation sites is 2. The predicted molar refractivity (Wildman–Crippen MR) is 201 cm³/mol. The van der Waals surface area contributed by atoms with Crippen molar-refractivity contribution in [3.8, 4) is 11.5 Å². The lowest BCUT2D eigenvalue weighted by molar-refractivity contribution is -0.113. The number of thiazole rings is 1. The summed E-state index contributed by atoms with van der Waals surface area (Å²) in [7, 11) is 3.12. The van der Waals surface area contributed by atoms with Crippen LogP contribution in [0, 0.1) is 6.92 Å². The van der Waals surface area contributed by atoms with Crippen molar-refractivity contribution < 1.29 is 14.3 Å². The van der Waals surface area contributed by atoms with Crippen LogP contribution in [0.25, 0.3) is 17.0 Å². The van der Waals surface area contributed by atoms with Gasteiger partial charge in [-0.3, -0.25) is 14.2 Å². The molecule has 3 heterocycles. The number of allylic oxidation sites excluding steroid dienone is 1. The summed E-state index contributed by atoms with van der Waals surface area (Å²) in [5.74, 6) is 0.669. The van der Waals surface area contributed by atoms with E-state index in [1.54, 1.807) is 43.9 Å². The number of rotatable bonds is 8. The molecule has 0 aliphatic carbocycles. The van der Waals surface area contributed by atoms with Crippen LogP contribution in [0.4, 0.5) is 5.69 Å². The maximum absolute atomic E-state index is 14.5. The number of methoxy groups -OCH3 is 2. The third kappa shape index (κ3) is 6.13. The second-order valence-electron chi connectivity index (χ2n) is 11.9. The van der Waals surface area contributed by atoms with Gasteiger partial charge in [-0.15, -0.1) is 0 Å². The van der Waals surface area contributed by atoms with Crippen LogP contribution in [0.3, 0.4) is 0 Å². The van der Waals surface area contributed by atoms with Crippen LogP contribution >= 0.6 is 34.5 Å². The number of aryl methyl sites for hydroxylation is 1. The number of ether oxygens (including phenoxy) is 2. The normalized spacial score (nSPS) is 14.4. The van der Waals surface area contributed by atoms with Gasteiger partial charge in [0.2, 0.25) is 0 Å². The van der Waals surface area contributed by atoms with Crippen LogP contribution in [0.15, 0.2) is 112 Å². The fraction of sp³-hybridized carbons (Fsp3) is 0.154. The Labute approximate surface area is 302 Å². The molecule has 0 saturated carbocycles. The molecule has 50 heavy (non-hydrogen) atoms. The first-order valence-electron chi connectivity index (χ1n) is 15.8. The highest BCUT2D eigenvalue weighted by atomic mass is 35.5. The average Bonchev–Trinajstić information content (AvgIpc) is 3.61. The number of carbonyl (C=O) groups excluding carboxylic acids is 1. The first-order chi connectivity index (χ1) is 24.2. The molecule has 0 bridgehead atoms. The minimum absolute atomic E-state index is 0.261. The summed E-state index contributed by atoms with van der Waals surface area (Å²) >= 11 is 13.8. The number of anilines is 1. The number of benzene rings is 4. The van der Waals surface area contributed by atoms with Gasteiger partial charge in [0, 0.05) is 34.9 Å². The van der Waals surface area contributed by atoms with Crippen molar-refractivity contribution in [1.29, 1.82) is 0 Å². The van der Waals surface area contributed by atoms with Crippen LogP contribution in [0.2, 0.25) is 10.0 Å². The van der Waals surface area contributed by atoms with E-state index in [9.17, 15) is 9.59 Å². The molecular formula is C39H32Cl2N4O4S. The smallest absolute Gasteiger partial charge is 0.271 e. The standard InChI is InChI=1S/C39H32Cl2N4O4S/c1-22-9-5-7-11-30(22)43-37(46)35-23(2)42-39-45(36(35)25-14-16-32(48-3)33(18-25)49-4)38(47)34(50-39)19-26-21-44(31-12-8-6-10-27(26)31)20-24-13-15-28(40)29(41)17-24/h5-19,21,36H,20H2,1-4H3,(H,43,46)/b34-19+/t36-/m1/s1. The van der Waals surface area contributed by atoms with Gasteiger partial charge < -0.3 is 19.4 Å². The molecule has 1 amide bonds. The van der Waals surface area contributed by atoms with Crippen LogP contribution < -0.4 is 29.7 Å². The first-order valence-corrected chi connectivity index (χ1v) is 17.4. The van der Waals surface area contributed by atoms with E-state index >= 15 is 0 Å². The fourth-order valence-corrected chi connectivity index (χ4v) is 7.71. The van der Waals surface area contributed by atoms with Gasteiger partial charge in [-0.2, -0.15) is 0 Å². The van der Waals surface area contributed by atoms with Crippen LogP contribution in [0.5, 0.6) is 11.5 Å². The number of carbonyl (C=O) groups is 1. The Morgan fingerprint density at radius 1 is 0.940 bits per heavy atom. The molecule has 0 unspecified atom stereocenters. The Kier molecular flexibility index (Phi) is 9.13. The summed E-state index contributed by atoms with van der Waals surface area (Å²) in [5, 5.41) is 5.04. The van der Waals surface area contributed by atoms with Crippen LogP contribution in [-0.2, 0) is 11.3 Å². The zero-order valence-corrected chi connectivity index (χ0v) is 30.0. The van der Waals surface area contributed by atoms with Crippen molar-refractivity contribution in [2.24, 2.45) is 4.99 Å². The monoisotopic (exact) mass is 722 g/mol. The molecular weight excluding hydrogens is 691 g/mol. The number of aromatic nitrogens is 2. The number of halogens is 2. The molecule has 8 nitrogen and oxygen atoms in total. The molecule has 0 saturated heterocycles. The maximum Gasteiger partial charge on any atom is 0.271 e. The van der Waals surface area contributed by atoms with Crippen molar-refractivity contribution in [2.45, 2.75) is 26.4 Å². The van der Waals surface area contributed by atoms with Crippen molar-refractivity contribution in [2.75, 3.05) is 19.5 Å². The van der Waals surface area contributed by atoms with E-state index in [0.29, 0.717) is 59.9 Å². The quantitative estimate of drug-likeness (QED) is 0.176. The van der Waals surface area contributed by atoms with Crippen LogP contribution in [-0.4, -0.2) is 29.3 Å². The molecule has 7 rings (SSSR count). The van der Waals surface area contributed by atoms with E-state index in [1.807, 2.05) is 85.9 Å². The second kappa shape index (κ2) is 13.7. The zero-order chi connectivity index (χ0) is 35.1. The van der Waals surface area contributed by atoms with Crippen LogP contribution in [0.1, 0.15) is 35.2 Å². The molecule has 6 aromatic rings. The van der Waals surface area contributed by atoms with Gasteiger partial charge in [0.05, 0.1) is 46.1 Å². The molecule has 1 aliphatic heterocycles. The highest BCUT2D eigenvalue weighted by molar-refractivity contribution is 7.07. The van der Waals surface area contributed by atoms with Crippen molar-refractivity contribution in [1.82, 2.24) is 9.13 Å². The lowest BCUT2D eigenvalue weighted by Crippen LogP contribution is -2.40. The molecule has 1 atom stereocenters. The third-order valence-corrected chi connectivity index (χ3v) is 10.5. The van der Waals surface area contributed by atoms with E-state index in [4.69, 9.17) is 37.7 Å².